The van der Waals surface area contributed by atoms with Crippen molar-refractivity contribution in [1.29, 1.82) is 0 Å². The van der Waals surface area contributed by atoms with E-state index in [0.717, 1.165) is 17.6 Å². The molecule has 0 amide bonds. The molecule has 3 heteroatoms. The van der Waals surface area contributed by atoms with Crippen molar-refractivity contribution < 1.29 is 0 Å². The summed E-state index contributed by atoms with van der Waals surface area (Å²) in [6.07, 6.45) is 5.17. The van der Waals surface area contributed by atoms with Crippen LogP contribution in [0.3, 0.4) is 0 Å². The van der Waals surface area contributed by atoms with Crippen LogP contribution in [0.1, 0.15) is 37.1 Å². The molecule has 0 N–H and O–H groups in total. The van der Waals surface area contributed by atoms with Crippen LogP contribution in [0.25, 0.3) is 0 Å². The number of hydrogen-bond donors (Lipinski definition) is 0. The Morgan fingerprint density at radius 3 is 2.50 bits per heavy atom. The Morgan fingerprint density at radius 2 is 1.93 bits per heavy atom. The van der Waals surface area contributed by atoms with Crippen molar-refractivity contribution in [2.24, 2.45) is 0 Å². The first-order valence-electron chi connectivity index (χ1n) is 5.31. The van der Waals surface area contributed by atoms with E-state index in [1.54, 1.807) is 0 Å². The summed E-state index contributed by atoms with van der Waals surface area (Å²) in [6, 6.07) is 2.14. The molecule has 0 saturated heterocycles. The molecule has 0 aliphatic heterocycles. The van der Waals surface area contributed by atoms with Crippen LogP contribution in [0.4, 0.5) is 0 Å². The van der Waals surface area contributed by atoms with E-state index in [4.69, 9.17) is 0 Å². The number of halogens is 1. The second-order valence-corrected chi connectivity index (χ2v) is 4.55. The molecule has 0 unspecified atom stereocenters. The molecule has 0 aliphatic carbocycles. The summed E-state index contributed by atoms with van der Waals surface area (Å²) in [7, 11) is 0. The zero-order chi connectivity index (χ0) is 10.4. The van der Waals surface area contributed by atoms with Crippen LogP contribution >= 0.6 is 15.9 Å². The van der Waals surface area contributed by atoms with Crippen molar-refractivity contribution in [3.63, 3.8) is 0 Å². The fourth-order valence-electron chi connectivity index (χ4n) is 1.61. The van der Waals surface area contributed by atoms with E-state index in [2.05, 4.69) is 38.7 Å². The monoisotopic (exact) mass is 258 g/mol. The first kappa shape index (κ1) is 11.8. The van der Waals surface area contributed by atoms with Crippen LogP contribution in [0.15, 0.2) is 6.07 Å². The lowest BCUT2D eigenvalue weighted by molar-refractivity contribution is 0.530. The van der Waals surface area contributed by atoms with E-state index >= 15 is 0 Å². The highest BCUT2D eigenvalue weighted by Gasteiger charge is 1.99. The Labute approximate surface area is 94.8 Å². The molecule has 1 heterocycles. The first-order valence-corrected chi connectivity index (χ1v) is 6.43. The molecule has 0 saturated carbocycles. The molecular weight excluding hydrogens is 240 g/mol. The van der Waals surface area contributed by atoms with Gasteiger partial charge in [-0.1, -0.05) is 28.8 Å². The smallest absolute Gasteiger partial charge is 0.0596 e. The van der Waals surface area contributed by atoms with Gasteiger partial charge in [-0.05, 0) is 32.8 Å². The molecule has 0 spiro atoms. The molecule has 1 rings (SSSR count). The zero-order valence-electron chi connectivity index (χ0n) is 9.09. The van der Waals surface area contributed by atoms with E-state index in [1.165, 1.54) is 31.4 Å². The van der Waals surface area contributed by atoms with Gasteiger partial charge in [0.1, 0.15) is 0 Å². The van der Waals surface area contributed by atoms with Gasteiger partial charge in [-0.25, -0.2) is 0 Å². The maximum Gasteiger partial charge on any atom is 0.0596 e. The van der Waals surface area contributed by atoms with Gasteiger partial charge in [0.2, 0.25) is 0 Å². The van der Waals surface area contributed by atoms with Gasteiger partial charge in [0.05, 0.1) is 5.69 Å². The number of hydrogen-bond acceptors (Lipinski definition) is 1. The lowest BCUT2D eigenvalue weighted by atomic mass is 10.2. The Morgan fingerprint density at radius 1 is 1.21 bits per heavy atom. The Hall–Kier alpha value is -0.310. The fraction of sp³-hybridized carbons (Fsp3) is 0.727. The van der Waals surface area contributed by atoms with Gasteiger partial charge >= 0.3 is 0 Å². The third-order valence-corrected chi connectivity index (χ3v) is 2.92. The molecular formula is C11H19BrN2. The maximum absolute atomic E-state index is 4.44. The van der Waals surface area contributed by atoms with E-state index in [1.807, 2.05) is 6.92 Å². The lowest BCUT2D eigenvalue weighted by Crippen LogP contribution is -2.02. The van der Waals surface area contributed by atoms with Crippen molar-refractivity contribution in [1.82, 2.24) is 9.78 Å². The van der Waals surface area contributed by atoms with Crippen molar-refractivity contribution in [2.45, 2.75) is 46.1 Å². The van der Waals surface area contributed by atoms with Gasteiger partial charge in [0.25, 0.3) is 0 Å². The molecule has 0 bridgehead atoms. The summed E-state index contributed by atoms with van der Waals surface area (Å²) in [5, 5.41) is 5.57. The van der Waals surface area contributed by atoms with Crippen LogP contribution in [0.2, 0.25) is 0 Å². The molecule has 0 radical (unpaired) electrons. The van der Waals surface area contributed by atoms with Crippen molar-refractivity contribution >= 4 is 15.9 Å². The second-order valence-electron chi connectivity index (χ2n) is 3.75. The summed E-state index contributed by atoms with van der Waals surface area (Å²) < 4.78 is 2.11. The molecule has 2 nitrogen and oxygen atoms in total. The largest absolute Gasteiger partial charge is 0.270 e. The quantitative estimate of drug-likeness (QED) is 0.565. The number of nitrogens with zero attached hydrogens (tertiary/aromatic N) is 2. The van der Waals surface area contributed by atoms with Crippen LogP contribution in [0.5, 0.6) is 0 Å². The summed E-state index contributed by atoms with van der Waals surface area (Å²) in [5.41, 5.74) is 2.41. The van der Waals surface area contributed by atoms with E-state index in [9.17, 15) is 0 Å². The Bertz CT molecular complexity index is 268. The standard InChI is InChI=1S/C11H19BrN2/c1-10-9-11(2)14(13-10)8-6-4-3-5-7-12/h9H,3-8H2,1-2H3. The highest BCUT2D eigenvalue weighted by molar-refractivity contribution is 9.09. The molecule has 80 valence electrons. The predicted molar refractivity (Wildman–Crippen MR) is 64.0 cm³/mol. The highest BCUT2D eigenvalue weighted by Crippen LogP contribution is 2.06. The maximum atomic E-state index is 4.44. The van der Waals surface area contributed by atoms with Crippen molar-refractivity contribution in [3.8, 4) is 0 Å². The minimum absolute atomic E-state index is 1.07. The average molecular weight is 259 g/mol. The third kappa shape index (κ3) is 3.82. The Kier molecular flexibility index (Phi) is 5.23. The van der Waals surface area contributed by atoms with Crippen LogP contribution < -0.4 is 0 Å². The second kappa shape index (κ2) is 6.23. The molecule has 14 heavy (non-hydrogen) atoms. The van der Waals surface area contributed by atoms with E-state index in [0.29, 0.717) is 0 Å². The molecule has 0 aromatic carbocycles. The Balaban J connectivity index is 2.21. The average Bonchev–Trinajstić information content (AvgIpc) is 2.45. The number of rotatable bonds is 6. The first-order chi connectivity index (χ1) is 6.74. The SMILES string of the molecule is Cc1cc(C)n(CCCCCCBr)n1. The summed E-state index contributed by atoms with van der Waals surface area (Å²) in [4.78, 5) is 0. The van der Waals surface area contributed by atoms with Gasteiger partial charge in [0, 0.05) is 17.6 Å². The van der Waals surface area contributed by atoms with Gasteiger partial charge < -0.3 is 0 Å². The minimum Gasteiger partial charge on any atom is -0.270 e. The molecule has 0 aliphatic rings. The summed E-state index contributed by atoms with van der Waals surface area (Å²) in [5.74, 6) is 0. The van der Waals surface area contributed by atoms with Crippen LogP contribution in [0, 0.1) is 13.8 Å². The van der Waals surface area contributed by atoms with Crippen molar-refractivity contribution in [3.05, 3.63) is 17.5 Å². The zero-order valence-corrected chi connectivity index (χ0v) is 10.7. The van der Waals surface area contributed by atoms with E-state index in [-0.39, 0.29) is 0 Å². The summed E-state index contributed by atoms with van der Waals surface area (Å²) in [6.45, 7) is 5.24. The number of unbranched alkanes of at least 4 members (excludes halogenated alkanes) is 3. The topological polar surface area (TPSA) is 17.8 Å². The van der Waals surface area contributed by atoms with Crippen LogP contribution in [-0.2, 0) is 6.54 Å². The third-order valence-electron chi connectivity index (χ3n) is 2.36. The molecule has 1 aromatic rings. The lowest BCUT2D eigenvalue weighted by Gasteiger charge is -2.03. The van der Waals surface area contributed by atoms with Gasteiger partial charge in [-0.15, -0.1) is 0 Å². The molecule has 0 atom stereocenters. The predicted octanol–water partition coefficient (Wildman–Crippen LogP) is 3.46. The number of alkyl halides is 1. The van der Waals surface area contributed by atoms with Crippen LogP contribution in [-0.4, -0.2) is 15.1 Å². The van der Waals surface area contributed by atoms with E-state index < -0.39 is 0 Å². The van der Waals surface area contributed by atoms with Gasteiger partial charge in [-0.2, -0.15) is 5.10 Å². The minimum atomic E-state index is 1.07. The molecule has 1 aromatic heterocycles. The fourth-order valence-corrected chi connectivity index (χ4v) is 2.01. The summed E-state index contributed by atoms with van der Waals surface area (Å²) >= 11 is 3.44. The van der Waals surface area contributed by atoms with Gasteiger partial charge in [-0.3, -0.25) is 4.68 Å². The molecule has 0 fully saturated rings. The highest BCUT2D eigenvalue weighted by atomic mass is 79.9. The number of aromatic nitrogens is 2. The van der Waals surface area contributed by atoms with Gasteiger partial charge in [0.15, 0.2) is 0 Å². The normalized spacial score (nSPS) is 10.8. The number of aryl methyl sites for hydroxylation is 3. The van der Waals surface area contributed by atoms with Crippen molar-refractivity contribution in [2.75, 3.05) is 5.33 Å².